The van der Waals surface area contributed by atoms with Gasteiger partial charge in [-0.2, -0.15) is 9.78 Å². The molecule has 1 aromatic carbocycles. The fourth-order valence-corrected chi connectivity index (χ4v) is 1.36. The number of carbonyl (C=O) groups excluding carboxylic acids is 1. The molecule has 0 spiro atoms. The lowest BCUT2D eigenvalue weighted by Crippen LogP contribution is -2.28. The van der Waals surface area contributed by atoms with Crippen molar-refractivity contribution in [3.8, 4) is 0 Å². The van der Waals surface area contributed by atoms with Crippen molar-refractivity contribution in [1.82, 2.24) is 15.1 Å². The third kappa shape index (κ3) is 1.35. The summed E-state index contributed by atoms with van der Waals surface area (Å²) in [4.78, 5) is 11.5. The zero-order valence-corrected chi connectivity index (χ0v) is 7.90. The molecular formula is C10H11N3O. The standard InChI is InChI=1S/C10H11N3O/c1-2-11-10(14)13-9-6-4-3-5-8(9)7-12-13/h3-7H,2H2,1H3,(H,11,14). The van der Waals surface area contributed by atoms with Crippen LogP contribution < -0.4 is 5.32 Å². The molecule has 0 aliphatic carbocycles. The summed E-state index contributed by atoms with van der Waals surface area (Å²) in [7, 11) is 0. The average molecular weight is 189 g/mol. The summed E-state index contributed by atoms with van der Waals surface area (Å²) in [5, 5.41) is 7.69. The summed E-state index contributed by atoms with van der Waals surface area (Å²) in [6.45, 7) is 2.48. The lowest BCUT2D eigenvalue weighted by molar-refractivity contribution is 0.241. The summed E-state index contributed by atoms with van der Waals surface area (Å²) in [5.74, 6) is 0. The molecule has 0 aliphatic rings. The lowest BCUT2D eigenvalue weighted by atomic mass is 10.3. The maximum Gasteiger partial charge on any atom is 0.342 e. The Hall–Kier alpha value is -1.84. The van der Waals surface area contributed by atoms with Gasteiger partial charge in [0, 0.05) is 11.9 Å². The van der Waals surface area contributed by atoms with Crippen molar-refractivity contribution in [1.29, 1.82) is 0 Å². The number of hydrogen-bond donors (Lipinski definition) is 1. The molecule has 0 fully saturated rings. The van der Waals surface area contributed by atoms with Crippen molar-refractivity contribution >= 4 is 16.9 Å². The second-order valence-electron chi connectivity index (χ2n) is 2.95. The van der Waals surface area contributed by atoms with Gasteiger partial charge in [0.05, 0.1) is 11.7 Å². The predicted molar refractivity (Wildman–Crippen MR) is 54.2 cm³/mol. The van der Waals surface area contributed by atoms with E-state index in [0.717, 1.165) is 10.9 Å². The van der Waals surface area contributed by atoms with Gasteiger partial charge in [-0.05, 0) is 13.0 Å². The molecule has 72 valence electrons. The van der Waals surface area contributed by atoms with Crippen molar-refractivity contribution in [3.05, 3.63) is 30.5 Å². The van der Waals surface area contributed by atoms with Crippen LogP contribution in [0.15, 0.2) is 30.5 Å². The van der Waals surface area contributed by atoms with Gasteiger partial charge in [0.2, 0.25) is 0 Å². The molecule has 4 heteroatoms. The molecule has 1 aromatic heterocycles. The van der Waals surface area contributed by atoms with E-state index in [9.17, 15) is 4.79 Å². The summed E-state index contributed by atoms with van der Waals surface area (Å²) < 4.78 is 1.37. The number of para-hydroxylation sites is 1. The van der Waals surface area contributed by atoms with Crippen LogP contribution in [-0.4, -0.2) is 22.4 Å². The van der Waals surface area contributed by atoms with Crippen LogP contribution in [0.5, 0.6) is 0 Å². The SMILES string of the molecule is CCNC(=O)n1ncc2ccccc21. The number of benzene rings is 1. The van der Waals surface area contributed by atoms with E-state index < -0.39 is 0 Å². The quantitative estimate of drug-likeness (QED) is 0.740. The molecule has 14 heavy (non-hydrogen) atoms. The van der Waals surface area contributed by atoms with E-state index in [4.69, 9.17) is 0 Å². The highest BCUT2D eigenvalue weighted by molar-refractivity contribution is 5.89. The average Bonchev–Trinajstić information content (AvgIpc) is 2.61. The van der Waals surface area contributed by atoms with Gasteiger partial charge in [-0.1, -0.05) is 18.2 Å². The van der Waals surface area contributed by atoms with Crippen LogP contribution in [0.4, 0.5) is 4.79 Å². The first-order valence-electron chi connectivity index (χ1n) is 4.54. The van der Waals surface area contributed by atoms with Crippen LogP contribution in [0.1, 0.15) is 6.92 Å². The molecule has 2 rings (SSSR count). The van der Waals surface area contributed by atoms with Crippen LogP contribution in [0.2, 0.25) is 0 Å². The van der Waals surface area contributed by atoms with Gasteiger partial charge in [0.15, 0.2) is 0 Å². The minimum Gasteiger partial charge on any atom is -0.336 e. The molecular weight excluding hydrogens is 178 g/mol. The van der Waals surface area contributed by atoms with E-state index in [1.165, 1.54) is 4.68 Å². The maximum absolute atomic E-state index is 11.5. The Bertz CT molecular complexity index is 461. The Morgan fingerprint density at radius 3 is 3.07 bits per heavy atom. The van der Waals surface area contributed by atoms with Gasteiger partial charge in [-0.15, -0.1) is 0 Å². The molecule has 2 aromatic rings. The molecule has 4 nitrogen and oxygen atoms in total. The molecule has 0 radical (unpaired) electrons. The maximum atomic E-state index is 11.5. The largest absolute Gasteiger partial charge is 0.342 e. The van der Waals surface area contributed by atoms with Gasteiger partial charge < -0.3 is 5.32 Å². The summed E-state index contributed by atoms with van der Waals surface area (Å²) >= 11 is 0. The number of amides is 1. The molecule has 0 unspecified atom stereocenters. The van der Waals surface area contributed by atoms with E-state index in [0.29, 0.717) is 6.54 Å². The van der Waals surface area contributed by atoms with Crippen LogP contribution in [0.25, 0.3) is 10.9 Å². The number of hydrogen-bond acceptors (Lipinski definition) is 2. The Balaban J connectivity index is 2.47. The van der Waals surface area contributed by atoms with Gasteiger partial charge in [0.25, 0.3) is 0 Å². The highest BCUT2D eigenvalue weighted by atomic mass is 16.2. The summed E-state index contributed by atoms with van der Waals surface area (Å²) in [5.41, 5.74) is 0.832. The van der Waals surface area contributed by atoms with Crippen LogP contribution in [0.3, 0.4) is 0 Å². The molecule has 0 saturated carbocycles. The van der Waals surface area contributed by atoms with Crippen LogP contribution in [0, 0.1) is 0 Å². The fraction of sp³-hybridized carbons (Fsp3) is 0.200. The fourth-order valence-electron chi connectivity index (χ4n) is 1.36. The highest BCUT2D eigenvalue weighted by Gasteiger charge is 2.07. The second-order valence-corrected chi connectivity index (χ2v) is 2.95. The normalized spacial score (nSPS) is 10.4. The first-order valence-corrected chi connectivity index (χ1v) is 4.54. The van der Waals surface area contributed by atoms with E-state index in [-0.39, 0.29) is 6.03 Å². The Morgan fingerprint density at radius 2 is 2.29 bits per heavy atom. The van der Waals surface area contributed by atoms with Crippen molar-refractivity contribution in [2.45, 2.75) is 6.92 Å². The number of fused-ring (bicyclic) bond motifs is 1. The first-order chi connectivity index (χ1) is 6.83. The van der Waals surface area contributed by atoms with Gasteiger partial charge >= 0.3 is 6.03 Å². The lowest BCUT2D eigenvalue weighted by Gasteiger charge is -2.01. The predicted octanol–water partition coefficient (Wildman–Crippen LogP) is 1.61. The minimum atomic E-state index is -0.186. The van der Waals surface area contributed by atoms with Gasteiger partial charge in [-0.3, -0.25) is 0 Å². The smallest absolute Gasteiger partial charge is 0.336 e. The number of nitrogens with zero attached hydrogens (tertiary/aromatic N) is 2. The van der Waals surface area contributed by atoms with Crippen molar-refractivity contribution < 1.29 is 4.79 Å². The van der Waals surface area contributed by atoms with Crippen LogP contribution in [-0.2, 0) is 0 Å². The summed E-state index contributed by atoms with van der Waals surface area (Å²) in [6, 6.07) is 7.43. The third-order valence-corrected chi connectivity index (χ3v) is 2.00. The molecule has 0 saturated heterocycles. The van der Waals surface area contributed by atoms with E-state index >= 15 is 0 Å². The van der Waals surface area contributed by atoms with Crippen molar-refractivity contribution in [2.24, 2.45) is 0 Å². The number of aromatic nitrogens is 2. The molecule has 1 N–H and O–H groups in total. The molecule has 1 heterocycles. The number of nitrogens with one attached hydrogen (secondary N) is 1. The van der Waals surface area contributed by atoms with E-state index in [1.807, 2.05) is 31.2 Å². The Morgan fingerprint density at radius 1 is 1.50 bits per heavy atom. The second kappa shape index (κ2) is 3.49. The van der Waals surface area contributed by atoms with Crippen molar-refractivity contribution in [3.63, 3.8) is 0 Å². The summed E-state index contributed by atoms with van der Waals surface area (Å²) in [6.07, 6.45) is 1.69. The van der Waals surface area contributed by atoms with Gasteiger partial charge in [-0.25, -0.2) is 4.79 Å². The monoisotopic (exact) mass is 189 g/mol. The zero-order valence-electron chi connectivity index (χ0n) is 7.90. The van der Waals surface area contributed by atoms with E-state index in [1.54, 1.807) is 6.20 Å². The minimum absolute atomic E-state index is 0.186. The third-order valence-electron chi connectivity index (χ3n) is 2.00. The molecule has 0 aliphatic heterocycles. The van der Waals surface area contributed by atoms with Crippen LogP contribution >= 0.6 is 0 Å². The Kier molecular flexibility index (Phi) is 2.18. The number of carbonyl (C=O) groups is 1. The van der Waals surface area contributed by atoms with Gasteiger partial charge in [0.1, 0.15) is 0 Å². The van der Waals surface area contributed by atoms with Crippen molar-refractivity contribution in [2.75, 3.05) is 6.54 Å². The first kappa shape index (κ1) is 8.74. The molecule has 0 bridgehead atoms. The molecule has 1 amide bonds. The topological polar surface area (TPSA) is 46.9 Å². The highest BCUT2D eigenvalue weighted by Crippen LogP contribution is 2.11. The number of rotatable bonds is 1. The zero-order chi connectivity index (χ0) is 9.97. The Labute approximate surface area is 81.5 Å². The molecule has 0 atom stereocenters. The van der Waals surface area contributed by atoms with E-state index in [2.05, 4.69) is 10.4 Å².